The lowest BCUT2D eigenvalue weighted by Gasteiger charge is -2.31. The van der Waals surface area contributed by atoms with Gasteiger partial charge >= 0.3 is 0 Å². The molecule has 0 bridgehead atoms. The van der Waals surface area contributed by atoms with Gasteiger partial charge in [-0.2, -0.15) is 0 Å². The summed E-state index contributed by atoms with van der Waals surface area (Å²) in [6, 6.07) is 68.8. The zero-order valence-electron chi connectivity index (χ0n) is 34.1. The average molecular weight is 769 g/mol. The molecule has 1 atom stereocenters. The number of rotatable bonds is 8. The van der Waals surface area contributed by atoms with Crippen LogP contribution in [0.2, 0.25) is 0 Å². The highest BCUT2D eigenvalue weighted by molar-refractivity contribution is 6.12. The van der Waals surface area contributed by atoms with E-state index in [1.54, 1.807) is 0 Å². The molecule has 10 rings (SSSR count). The van der Waals surface area contributed by atoms with Crippen molar-refractivity contribution in [3.63, 3.8) is 0 Å². The lowest BCUT2D eigenvalue weighted by molar-refractivity contribution is 0.713. The van der Waals surface area contributed by atoms with Gasteiger partial charge in [0.2, 0.25) is 0 Å². The lowest BCUT2D eigenvalue weighted by Crippen LogP contribution is -2.23. The highest BCUT2D eigenvalue weighted by Gasteiger charge is 2.41. The molecule has 1 aromatic heterocycles. The second kappa shape index (κ2) is 15.0. The van der Waals surface area contributed by atoms with Crippen LogP contribution in [-0.4, -0.2) is 4.57 Å². The minimum absolute atomic E-state index is 0.312. The van der Waals surface area contributed by atoms with Gasteiger partial charge in [0.05, 0.1) is 16.7 Å². The van der Waals surface area contributed by atoms with E-state index in [-0.39, 0.29) is 5.41 Å². The van der Waals surface area contributed by atoms with Gasteiger partial charge in [-0.05, 0) is 132 Å². The third-order valence-corrected chi connectivity index (χ3v) is 12.4. The van der Waals surface area contributed by atoms with E-state index in [1.165, 1.54) is 55.3 Å². The summed E-state index contributed by atoms with van der Waals surface area (Å²) in [6.07, 6.45) is 12.1. The molecular weight excluding hydrogens is 725 g/mol. The maximum Gasteiger partial charge on any atom is 0.0967 e. The summed E-state index contributed by atoms with van der Waals surface area (Å²) in [5.41, 5.74) is 18.5. The summed E-state index contributed by atoms with van der Waals surface area (Å²) in [5.74, 6) is 2.93. The Bertz CT molecular complexity index is 3160. The number of aromatic nitrogens is 1. The number of terminal acetylenes is 1. The van der Waals surface area contributed by atoms with Crippen molar-refractivity contribution in [2.24, 2.45) is 0 Å². The van der Waals surface area contributed by atoms with Gasteiger partial charge in [-0.15, -0.1) is 6.42 Å². The van der Waals surface area contributed by atoms with Crippen molar-refractivity contribution in [3.8, 4) is 45.7 Å². The van der Waals surface area contributed by atoms with Gasteiger partial charge in [-0.1, -0.05) is 157 Å². The number of para-hydroxylation sites is 1. The number of hydrogen-bond donors (Lipinski definition) is 0. The van der Waals surface area contributed by atoms with Crippen molar-refractivity contribution < 1.29 is 0 Å². The molecule has 0 saturated carbocycles. The fourth-order valence-corrected chi connectivity index (χ4v) is 9.29. The predicted molar refractivity (Wildman–Crippen MR) is 255 cm³/mol. The smallest absolute Gasteiger partial charge is 0.0967 e. The normalized spacial score (nSPS) is 14.7. The van der Waals surface area contributed by atoms with Crippen LogP contribution < -0.4 is 4.90 Å². The molecule has 0 radical (unpaired) electrons. The summed E-state index contributed by atoms with van der Waals surface area (Å²) in [4.78, 5) is 2.40. The van der Waals surface area contributed by atoms with Crippen LogP contribution in [0.3, 0.4) is 0 Å². The molecule has 1 heterocycles. The Hall–Kier alpha value is -7.60. The molecule has 0 aliphatic heterocycles. The van der Waals surface area contributed by atoms with E-state index in [0.717, 1.165) is 44.9 Å². The summed E-state index contributed by atoms with van der Waals surface area (Å²) >= 11 is 0. The number of fused-ring (bicyclic) bond motifs is 6. The third kappa shape index (κ3) is 6.07. The van der Waals surface area contributed by atoms with Crippen LogP contribution in [0.25, 0.3) is 60.9 Å². The maximum absolute atomic E-state index is 6.08. The first-order chi connectivity index (χ1) is 29.5. The molecule has 1 aliphatic rings. The van der Waals surface area contributed by atoms with Crippen LogP contribution >= 0.6 is 0 Å². The zero-order valence-corrected chi connectivity index (χ0v) is 34.1. The first-order valence-electron chi connectivity index (χ1n) is 20.7. The molecular formula is C58H44N2. The average Bonchev–Trinajstić information content (AvgIpc) is 3.77. The highest BCUT2D eigenvalue weighted by atomic mass is 15.1. The van der Waals surface area contributed by atoms with Crippen LogP contribution in [0.4, 0.5) is 17.1 Å². The standard InChI is InChI=1S/C58H44N2/c1-5-7-17-46(6-2)60-56-21-14-12-19-52(56)53-38-44(28-37-57(53)60)43-26-33-48(34-27-43)59(47-31-24-42(25-32-47)41-15-9-8-10-16-41)49-35-36-51-50-18-11-13-20-54(50)58(4,55(51)39-49)45-29-22-40(3)23-30-45/h2,5,7-39H,1,3-4H3/b7-5-,46-17+. The molecule has 2 nitrogen and oxygen atoms in total. The van der Waals surface area contributed by atoms with Crippen LogP contribution in [0.15, 0.2) is 206 Å². The predicted octanol–water partition coefficient (Wildman–Crippen LogP) is 15.3. The second-order valence-corrected chi connectivity index (χ2v) is 15.9. The lowest BCUT2D eigenvalue weighted by atomic mass is 9.74. The van der Waals surface area contributed by atoms with Crippen molar-refractivity contribution >= 4 is 44.6 Å². The van der Waals surface area contributed by atoms with E-state index in [0.29, 0.717) is 0 Å². The fourth-order valence-electron chi connectivity index (χ4n) is 9.29. The van der Waals surface area contributed by atoms with Crippen molar-refractivity contribution in [3.05, 3.63) is 229 Å². The van der Waals surface area contributed by atoms with Crippen LogP contribution in [0, 0.1) is 19.3 Å². The van der Waals surface area contributed by atoms with E-state index in [4.69, 9.17) is 6.42 Å². The van der Waals surface area contributed by atoms with Crippen molar-refractivity contribution in [2.45, 2.75) is 26.2 Å². The number of nitrogens with zero attached hydrogens (tertiary/aromatic N) is 2. The highest BCUT2D eigenvalue weighted by Crippen LogP contribution is 2.54. The minimum atomic E-state index is -0.312. The first kappa shape index (κ1) is 36.7. The Labute approximate surface area is 353 Å². The molecule has 1 aliphatic carbocycles. The van der Waals surface area contributed by atoms with Crippen LogP contribution in [0.5, 0.6) is 0 Å². The molecule has 286 valence electrons. The molecule has 60 heavy (non-hydrogen) atoms. The van der Waals surface area contributed by atoms with Gasteiger partial charge in [-0.25, -0.2) is 0 Å². The monoisotopic (exact) mass is 768 g/mol. The Morgan fingerprint density at radius 3 is 1.85 bits per heavy atom. The van der Waals surface area contributed by atoms with E-state index >= 15 is 0 Å². The number of aryl methyl sites for hydroxylation is 1. The van der Waals surface area contributed by atoms with Gasteiger partial charge in [0, 0.05) is 33.2 Å². The quantitative estimate of drug-likeness (QED) is 0.110. The van der Waals surface area contributed by atoms with Gasteiger partial charge in [0.15, 0.2) is 0 Å². The first-order valence-corrected chi connectivity index (χ1v) is 20.7. The van der Waals surface area contributed by atoms with Gasteiger partial charge in [0.1, 0.15) is 0 Å². The van der Waals surface area contributed by atoms with Crippen LogP contribution in [-0.2, 0) is 5.41 Å². The molecule has 0 fully saturated rings. The van der Waals surface area contributed by atoms with E-state index in [2.05, 4.69) is 217 Å². The molecule has 8 aromatic carbocycles. The largest absolute Gasteiger partial charge is 0.310 e. The molecule has 0 saturated heterocycles. The minimum Gasteiger partial charge on any atom is -0.310 e. The van der Waals surface area contributed by atoms with E-state index < -0.39 is 0 Å². The summed E-state index contributed by atoms with van der Waals surface area (Å²) < 4.78 is 2.19. The molecule has 0 spiro atoms. The van der Waals surface area contributed by atoms with Gasteiger partial charge < -0.3 is 9.47 Å². The Balaban J connectivity index is 1.09. The topological polar surface area (TPSA) is 8.17 Å². The number of benzene rings is 8. The van der Waals surface area contributed by atoms with Crippen LogP contribution in [0.1, 0.15) is 36.1 Å². The van der Waals surface area contributed by atoms with E-state index in [1.807, 2.05) is 25.2 Å². The third-order valence-electron chi connectivity index (χ3n) is 12.4. The van der Waals surface area contributed by atoms with Gasteiger partial charge in [-0.3, -0.25) is 0 Å². The fraction of sp³-hybridized carbons (Fsp3) is 0.0690. The Morgan fingerprint density at radius 2 is 1.13 bits per heavy atom. The second-order valence-electron chi connectivity index (χ2n) is 15.9. The molecule has 2 heteroatoms. The molecule has 1 unspecified atom stereocenters. The molecule has 9 aromatic rings. The Morgan fingerprint density at radius 1 is 0.550 bits per heavy atom. The van der Waals surface area contributed by atoms with E-state index in [9.17, 15) is 0 Å². The SMILES string of the molecule is C#C/C(=C\C=C/C)n1c2ccccc2c2cc(-c3ccc(N(c4ccc(-c5ccccc5)cc4)c4ccc5c(c4)C(C)(c4ccc(C)cc4)c4ccccc4-5)cc3)ccc21. The Kier molecular flexibility index (Phi) is 9.16. The zero-order chi connectivity index (χ0) is 40.8. The van der Waals surface area contributed by atoms with Crippen molar-refractivity contribution in [2.75, 3.05) is 4.90 Å². The van der Waals surface area contributed by atoms with Crippen molar-refractivity contribution in [1.82, 2.24) is 4.57 Å². The summed E-state index contributed by atoms with van der Waals surface area (Å²) in [6.45, 7) is 6.55. The number of hydrogen-bond acceptors (Lipinski definition) is 1. The van der Waals surface area contributed by atoms with Crippen molar-refractivity contribution in [1.29, 1.82) is 0 Å². The van der Waals surface area contributed by atoms with Gasteiger partial charge in [0.25, 0.3) is 0 Å². The maximum atomic E-state index is 6.08. The molecule has 0 amide bonds. The molecule has 0 N–H and O–H groups in total. The summed E-state index contributed by atoms with van der Waals surface area (Å²) in [7, 11) is 0. The summed E-state index contributed by atoms with van der Waals surface area (Å²) in [5, 5.41) is 2.35. The number of allylic oxidation sites excluding steroid dienone is 4. The number of anilines is 3.